The molecule has 2 aromatic heterocycles. The number of fused-ring (bicyclic) bond motifs is 1. The molecule has 0 unspecified atom stereocenters. The Bertz CT molecular complexity index is 815. The van der Waals surface area contributed by atoms with E-state index in [1.165, 1.54) is 24.1 Å². The lowest BCUT2D eigenvalue weighted by atomic mass is 10.0. The lowest BCUT2D eigenvalue weighted by Crippen LogP contribution is -2.23. The molecule has 0 amide bonds. The summed E-state index contributed by atoms with van der Waals surface area (Å²) >= 11 is 0. The second kappa shape index (κ2) is 5.49. The summed E-state index contributed by atoms with van der Waals surface area (Å²) in [6, 6.07) is 8.37. The Labute approximate surface area is 135 Å². The fourth-order valence-corrected chi connectivity index (χ4v) is 3.78. The average molecular weight is 310 g/mol. The van der Waals surface area contributed by atoms with Crippen LogP contribution in [0.15, 0.2) is 28.7 Å². The van der Waals surface area contributed by atoms with Gasteiger partial charge in [-0.25, -0.2) is 4.98 Å². The highest BCUT2D eigenvalue weighted by Gasteiger charge is 2.31. The number of hydrogen-bond donors (Lipinski definition) is 0. The third-order valence-corrected chi connectivity index (χ3v) is 4.94. The molecule has 0 N–H and O–H groups in total. The number of likely N-dealkylation sites (tertiary alicyclic amines) is 1. The molecule has 3 aromatic rings. The van der Waals surface area contributed by atoms with E-state index in [1.807, 2.05) is 36.0 Å². The van der Waals surface area contributed by atoms with E-state index in [-0.39, 0.29) is 0 Å². The summed E-state index contributed by atoms with van der Waals surface area (Å²) in [6.07, 6.45) is 2.38. The zero-order valence-corrected chi connectivity index (χ0v) is 13.9. The van der Waals surface area contributed by atoms with Gasteiger partial charge in [0, 0.05) is 24.3 Å². The van der Waals surface area contributed by atoms with Crippen molar-refractivity contribution in [1.29, 1.82) is 0 Å². The van der Waals surface area contributed by atoms with Crippen LogP contribution in [0.1, 0.15) is 41.7 Å². The number of aromatic nitrogens is 3. The normalized spacial score (nSPS) is 19.0. The Hall–Kier alpha value is -2.14. The predicted molar refractivity (Wildman–Crippen MR) is 89.1 cm³/mol. The van der Waals surface area contributed by atoms with Gasteiger partial charge in [-0.15, -0.1) is 0 Å². The number of oxazole rings is 1. The van der Waals surface area contributed by atoms with Crippen molar-refractivity contribution < 1.29 is 4.42 Å². The summed E-state index contributed by atoms with van der Waals surface area (Å²) in [4.78, 5) is 7.10. The van der Waals surface area contributed by atoms with Crippen molar-refractivity contribution in [2.24, 2.45) is 7.05 Å². The van der Waals surface area contributed by atoms with Gasteiger partial charge >= 0.3 is 0 Å². The molecule has 0 bridgehead atoms. The van der Waals surface area contributed by atoms with Crippen molar-refractivity contribution in [2.45, 2.75) is 39.3 Å². The van der Waals surface area contributed by atoms with Crippen molar-refractivity contribution in [3.8, 4) is 0 Å². The summed E-state index contributed by atoms with van der Waals surface area (Å²) in [5, 5.41) is 4.58. The molecule has 1 fully saturated rings. The van der Waals surface area contributed by atoms with Gasteiger partial charge in [0.15, 0.2) is 5.58 Å². The number of benzene rings is 1. The molecule has 1 atom stereocenters. The molecule has 3 heterocycles. The van der Waals surface area contributed by atoms with E-state index >= 15 is 0 Å². The fraction of sp³-hybridized carbons (Fsp3) is 0.444. The summed E-state index contributed by atoms with van der Waals surface area (Å²) in [5.74, 6) is 0.803. The first kappa shape index (κ1) is 14.5. The third-order valence-electron chi connectivity index (χ3n) is 4.94. The van der Waals surface area contributed by atoms with Gasteiger partial charge in [-0.1, -0.05) is 12.1 Å². The van der Waals surface area contributed by atoms with Crippen molar-refractivity contribution in [3.05, 3.63) is 47.1 Å². The van der Waals surface area contributed by atoms with E-state index in [0.717, 1.165) is 35.8 Å². The molecule has 5 heteroatoms. The summed E-state index contributed by atoms with van der Waals surface area (Å²) in [6.45, 7) is 6.10. The van der Waals surface area contributed by atoms with E-state index in [1.54, 1.807) is 0 Å². The standard InChI is InChI=1S/C18H22N4O/c1-12-18(13(2)21(3)20-12)15-8-6-10-22(15)11-17-19-14-7-4-5-9-16(14)23-17/h4-5,7,9,15H,6,8,10-11H2,1-3H3/t15-/m0/s1. The number of rotatable bonds is 3. The number of hydrogen-bond acceptors (Lipinski definition) is 4. The molecule has 1 aromatic carbocycles. The first-order valence-electron chi connectivity index (χ1n) is 8.22. The monoisotopic (exact) mass is 310 g/mol. The number of nitrogens with zero attached hydrogens (tertiary/aromatic N) is 4. The number of para-hydroxylation sites is 2. The maximum absolute atomic E-state index is 5.91. The highest BCUT2D eigenvalue weighted by atomic mass is 16.3. The van der Waals surface area contributed by atoms with Crippen LogP contribution in [0.5, 0.6) is 0 Å². The molecule has 5 nitrogen and oxygen atoms in total. The highest BCUT2D eigenvalue weighted by molar-refractivity contribution is 5.72. The van der Waals surface area contributed by atoms with Crippen LogP contribution in [0.2, 0.25) is 0 Å². The van der Waals surface area contributed by atoms with Crippen LogP contribution in [0.25, 0.3) is 11.1 Å². The van der Waals surface area contributed by atoms with E-state index in [9.17, 15) is 0 Å². The van der Waals surface area contributed by atoms with Crippen LogP contribution in [0.3, 0.4) is 0 Å². The van der Waals surface area contributed by atoms with Gasteiger partial charge in [-0.3, -0.25) is 9.58 Å². The lowest BCUT2D eigenvalue weighted by molar-refractivity contribution is 0.224. The van der Waals surface area contributed by atoms with Crippen LogP contribution in [0, 0.1) is 13.8 Å². The Kier molecular flexibility index (Phi) is 3.45. The average Bonchev–Trinajstić information content (AvgIpc) is 3.19. The minimum atomic E-state index is 0.415. The van der Waals surface area contributed by atoms with Crippen LogP contribution >= 0.6 is 0 Å². The Morgan fingerprint density at radius 1 is 1.26 bits per heavy atom. The molecule has 0 radical (unpaired) electrons. The topological polar surface area (TPSA) is 47.1 Å². The maximum Gasteiger partial charge on any atom is 0.209 e. The van der Waals surface area contributed by atoms with E-state index in [2.05, 4.69) is 28.8 Å². The molecule has 1 saturated heterocycles. The molecule has 0 aliphatic carbocycles. The van der Waals surface area contributed by atoms with Gasteiger partial charge in [-0.05, 0) is 45.4 Å². The van der Waals surface area contributed by atoms with E-state index < -0.39 is 0 Å². The van der Waals surface area contributed by atoms with E-state index in [0.29, 0.717) is 6.04 Å². The summed E-state index contributed by atoms with van der Waals surface area (Å²) in [7, 11) is 2.02. The Morgan fingerprint density at radius 2 is 2.09 bits per heavy atom. The quantitative estimate of drug-likeness (QED) is 0.742. The van der Waals surface area contributed by atoms with Gasteiger partial charge in [0.05, 0.1) is 12.2 Å². The minimum Gasteiger partial charge on any atom is -0.439 e. The van der Waals surface area contributed by atoms with Crippen LogP contribution in [-0.4, -0.2) is 26.2 Å². The molecule has 4 rings (SSSR count). The third kappa shape index (κ3) is 2.45. The Morgan fingerprint density at radius 3 is 2.83 bits per heavy atom. The second-order valence-corrected chi connectivity index (χ2v) is 6.41. The zero-order valence-electron chi connectivity index (χ0n) is 13.9. The van der Waals surface area contributed by atoms with Crippen LogP contribution < -0.4 is 0 Å². The molecule has 0 spiro atoms. The molecule has 0 saturated carbocycles. The molecular formula is C18H22N4O. The van der Waals surface area contributed by atoms with Gasteiger partial charge in [0.2, 0.25) is 5.89 Å². The van der Waals surface area contributed by atoms with Gasteiger partial charge in [0.25, 0.3) is 0 Å². The number of aryl methyl sites for hydroxylation is 2. The lowest BCUT2D eigenvalue weighted by Gasteiger charge is -2.23. The van der Waals surface area contributed by atoms with Gasteiger partial charge in [0.1, 0.15) is 5.52 Å². The first-order valence-corrected chi connectivity index (χ1v) is 8.22. The maximum atomic E-state index is 5.91. The van der Waals surface area contributed by atoms with Crippen LogP contribution in [0.4, 0.5) is 0 Å². The SMILES string of the molecule is Cc1nn(C)c(C)c1[C@@H]1CCCN1Cc1nc2ccccc2o1. The minimum absolute atomic E-state index is 0.415. The van der Waals surface area contributed by atoms with Crippen molar-refractivity contribution in [1.82, 2.24) is 19.7 Å². The molecule has 1 aliphatic rings. The van der Waals surface area contributed by atoms with Crippen molar-refractivity contribution in [2.75, 3.05) is 6.54 Å². The molecule has 120 valence electrons. The van der Waals surface area contributed by atoms with Gasteiger partial charge < -0.3 is 4.42 Å². The predicted octanol–water partition coefficient (Wildman–Crippen LogP) is 3.52. The van der Waals surface area contributed by atoms with Crippen molar-refractivity contribution in [3.63, 3.8) is 0 Å². The van der Waals surface area contributed by atoms with Crippen LogP contribution in [-0.2, 0) is 13.6 Å². The summed E-state index contributed by atoms with van der Waals surface area (Å²) in [5.41, 5.74) is 5.58. The second-order valence-electron chi connectivity index (χ2n) is 6.41. The highest BCUT2D eigenvalue weighted by Crippen LogP contribution is 2.36. The molecule has 23 heavy (non-hydrogen) atoms. The molecular weight excluding hydrogens is 288 g/mol. The zero-order chi connectivity index (χ0) is 16.0. The molecule has 1 aliphatic heterocycles. The van der Waals surface area contributed by atoms with E-state index in [4.69, 9.17) is 4.42 Å². The Balaban J connectivity index is 1.62. The van der Waals surface area contributed by atoms with Gasteiger partial charge in [-0.2, -0.15) is 5.10 Å². The summed E-state index contributed by atoms with van der Waals surface area (Å²) < 4.78 is 7.89. The fourth-order valence-electron chi connectivity index (χ4n) is 3.78. The first-order chi connectivity index (χ1) is 11.1. The smallest absolute Gasteiger partial charge is 0.209 e. The largest absolute Gasteiger partial charge is 0.439 e. The van der Waals surface area contributed by atoms with Crippen molar-refractivity contribution >= 4 is 11.1 Å².